The molecule has 2 aliphatic rings. The van der Waals surface area contributed by atoms with Crippen molar-refractivity contribution in [3.8, 4) is 11.6 Å². The summed E-state index contributed by atoms with van der Waals surface area (Å²) >= 11 is 0. The molecule has 1 aliphatic heterocycles. The summed E-state index contributed by atoms with van der Waals surface area (Å²) in [5, 5.41) is 4.45. The molecule has 0 unspecified atom stereocenters. The minimum atomic E-state index is -0.0306. The Morgan fingerprint density at radius 2 is 2.14 bits per heavy atom. The van der Waals surface area contributed by atoms with Gasteiger partial charge in [0, 0.05) is 24.7 Å². The predicted octanol–water partition coefficient (Wildman–Crippen LogP) is 3.51. The molecule has 0 N–H and O–H groups in total. The molecule has 0 fully saturated rings. The van der Waals surface area contributed by atoms with E-state index < -0.39 is 0 Å². The van der Waals surface area contributed by atoms with Crippen LogP contribution in [0.25, 0.3) is 0 Å². The summed E-state index contributed by atoms with van der Waals surface area (Å²) in [4.78, 5) is 14.8. The Morgan fingerprint density at radius 3 is 2.93 bits per heavy atom. The van der Waals surface area contributed by atoms with E-state index in [2.05, 4.69) is 23.3 Å². The Bertz CT molecular complexity index is 942. The third-order valence-electron chi connectivity index (χ3n) is 5.21. The molecule has 2 heterocycles. The van der Waals surface area contributed by atoms with Gasteiger partial charge in [0.15, 0.2) is 0 Å². The molecule has 4 rings (SSSR count). The monoisotopic (exact) mass is 379 g/mol. The van der Waals surface area contributed by atoms with Crippen LogP contribution in [-0.4, -0.2) is 40.8 Å². The van der Waals surface area contributed by atoms with Crippen LogP contribution in [0.1, 0.15) is 34.5 Å². The number of methoxy groups -OCH3 is 1. The van der Waals surface area contributed by atoms with E-state index in [9.17, 15) is 4.79 Å². The van der Waals surface area contributed by atoms with Gasteiger partial charge in [0.05, 0.1) is 13.7 Å². The first-order valence-corrected chi connectivity index (χ1v) is 9.62. The number of aromatic nitrogens is 2. The molecular formula is C22H25N3O3. The summed E-state index contributed by atoms with van der Waals surface area (Å²) in [5.41, 5.74) is 3.90. The van der Waals surface area contributed by atoms with Gasteiger partial charge in [0.2, 0.25) is 5.88 Å². The van der Waals surface area contributed by atoms with Crippen molar-refractivity contribution < 1.29 is 14.3 Å². The van der Waals surface area contributed by atoms with E-state index in [1.165, 1.54) is 5.57 Å². The van der Waals surface area contributed by atoms with Crippen molar-refractivity contribution >= 4 is 5.91 Å². The number of nitrogens with zero attached hydrogens (tertiary/aromatic N) is 3. The summed E-state index contributed by atoms with van der Waals surface area (Å²) in [6, 6.07) is 7.76. The topological polar surface area (TPSA) is 56.6 Å². The fourth-order valence-corrected chi connectivity index (χ4v) is 3.71. The fraction of sp³-hybridized carbons (Fsp3) is 0.364. The summed E-state index contributed by atoms with van der Waals surface area (Å²) in [7, 11) is 1.67. The quantitative estimate of drug-likeness (QED) is 0.771. The van der Waals surface area contributed by atoms with Gasteiger partial charge in [0.1, 0.15) is 18.1 Å². The number of carbonyl (C=O) groups is 1. The zero-order valence-electron chi connectivity index (χ0n) is 16.4. The molecule has 146 valence electrons. The predicted molar refractivity (Wildman–Crippen MR) is 107 cm³/mol. The lowest BCUT2D eigenvalue weighted by atomic mass is 10.1. The Morgan fingerprint density at radius 1 is 1.25 bits per heavy atom. The zero-order chi connectivity index (χ0) is 19.5. The second-order valence-electron chi connectivity index (χ2n) is 7.17. The Balaban J connectivity index is 1.46. The van der Waals surface area contributed by atoms with Crippen molar-refractivity contribution in [3.63, 3.8) is 0 Å². The van der Waals surface area contributed by atoms with Crippen LogP contribution in [0.2, 0.25) is 0 Å². The number of hydrogen-bond donors (Lipinski definition) is 0. The molecule has 0 radical (unpaired) electrons. The number of rotatable bonds is 6. The van der Waals surface area contributed by atoms with E-state index in [-0.39, 0.29) is 5.91 Å². The van der Waals surface area contributed by atoms with Crippen molar-refractivity contribution in [1.82, 2.24) is 14.7 Å². The number of aryl methyl sites for hydroxylation is 1. The van der Waals surface area contributed by atoms with Crippen molar-refractivity contribution in [2.75, 3.05) is 20.3 Å². The van der Waals surface area contributed by atoms with Gasteiger partial charge in [-0.05, 0) is 30.9 Å². The number of hydrogen-bond acceptors (Lipinski definition) is 4. The summed E-state index contributed by atoms with van der Waals surface area (Å²) in [6.45, 7) is 4.31. The summed E-state index contributed by atoms with van der Waals surface area (Å²) in [5.74, 6) is 1.32. The highest BCUT2D eigenvalue weighted by atomic mass is 16.5. The summed E-state index contributed by atoms with van der Waals surface area (Å²) < 4.78 is 13.1. The lowest BCUT2D eigenvalue weighted by Crippen LogP contribution is -2.39. The highest BCUT2D eigenvalue weighted by molar-refractivity contribution is 5.93. The van der Waals surface area contributed by atoms with Gasteiger partial charge in [-0.3, -0.25) is 9.48 Å². The van der Waals surface area contributed by atoms with Crippen LogP contribution in [0.4, 0.5) is 0 Å². The molecule has 1 amide bonds. The normalized spacial score (nSPS) is 16.0. The van der Waals surface area contributed by atoms with E-state index in [0.29, 0.717) is 37.8 Å². The molecule has 1 aromatic carbocycles. The Hall–Kier alpha value is -3.02. The van der Waals surface area contributed by atoms with Crippen LogP contribution in [-0.2, 0) is 13.1 Å². The minimum absolute atomic E-state index is 0.0306. The van der Waals surface area contributed by atoms with Crippen molar-refractivity contribution in [2.24, 2.45) is 0 Å². The third-order valence-corrected chi connectivity index (χ3v) is 5.21. The van der Waals surface area contributed by atoms with Crippen LogP contribution in [0.5, 0.6) is 11.6 Å². The number of allylic oxidation sites excluding steroid dienone is 3. The molecule has 2 aromatic rings. The molecule has 0 bridgehead atoms. The lowest BCUT2D eigenvalue weighted by molar-refractivity contribution is 0.0682. The maximum Gasteiger partial charge on any atom is 0.272 e. The van der Waals surface area contributed by atoms with Gasteiger partial charge in [-0.2, -0.15) is 0 Å². The number of ether oxygens (including phenoxy) is 2. The first-order chi connectivity index (χ1) is 13.7. The smallest absolute Gasteiger partial charge is 0.272 e. The average molecular weight is 379 g/mol. The van der Waals surface area contributed by atoms with E-state index in [1.54, 1.807) is 17.9 Å². The molecule has 6 nitrogen and oxygen atoms in total. The highest BCUT2D eigenvalue weighted by Gasteiger charge is 2.27. The third kappa shape index (κ3) is 3.67. The van der Waals surface area contributed by atoms with E-state index in [0.717, 1.165) is 29.7 Å². The largest absolute Gasteiger partial charge is 0.496 e. The van der Waals surface area contributed by atoms with Gasteiger partial charge >= 0.3 is 0 Å². The van der Waals surface area contributed by atoms with E-state index in [1.807, 2.05) is 30.0 Å². The minimum Gasteiger partial charge on any atom is -0.496 e. The molecule has 0 atom stereocenters. The van der Waals surface area contributed by atoms with Gasteiger partial charge in [-0.1, -0.05) is 36.4 Å². The van der Waals surface area contributed by atoms with Gasteiger partial charge < -0.3 is 14.4 Å². The molecule has 0 saturated carbocycles. The SMILES string of the molecule is COc1c(C)cccc1CN1CCn2nc(OCC3=CC=CCC3)cc2C1=O. The molecule has 0 spiro atoms. The van der Waals surface area contributed by atoms with Crippen LogP contribution in [0.3, 0.4) is 0 Å². The second-order valence-corrected chi connectivity index (χ2v) is 7.17. The first-order valence-electron chi connectivity index (χ1n) is 9.62. The molecular weight excluding hydrogens is 354 g/mol. The first kappa shape index (κ1) is 18.3. The van der Waals surface area contributed by atoms with Gasteiger partial charge in [-0.15, -0.1) is 5.10 Å². The average Bonchev–Trinajstić information content (AvgIpc) is 3.14. The van der Waals surface area contributed by atoms with E-state index >= 15 is 0 Å². The summed E-state index contributed by atoms with van der Waals surface area (Å²) in [6.07, 6.45) is 8.35. The maximum atomic E-state index is 13.0. The molecule has 0 saturated heterocycles. The number of benzene rings is 1. The number of carbonyl (C=O) groups excluding carboxylic acids is 1. The fourth-order valence-electron chi connectivity index (χ4n) is 3.71. The number of para-hydroxylation sites is 1. The van der Waals surface area contributed by atoms with Crippen LogP contribution in [0.15, 0.2) is 48.1 Å². The van der Waals surface area contributed by atoms with Crippen LogP contribution >= 0.6 is 0 Å². The van der Waals surface area contributed by atoms with Gasteiger partial charge in [-0.25, -0.2) is 0 Å². The van der Waals surface area contributed by atoms with E-state index in [4.69, 9.17) is 9.47 Å². The Kier molecular flexibility index (Phi) is 5.19. The maximum absolute atomic E-state index is 13.0. The lowest BCUT2D eigenvalue weighted by Gasteiger charge is -2.28. The molecule has 28 heavy (non-hydrogen) atoms. The van der Waals surface area contributed by atoms with Gasteiger partial charge in [0.25, 0.3) is 5.91 Å². The Labute approximate surface area is 165 Å². The van der Waals surface area contributed by atoms with Crippen LogP contribution in [0, 0.1) is 6.92 Å². The molecule has 6 heteroatoms. The standard InChI is InChI=1S/C22H25N3O3/c1-16-7-6-10-18(21(16)27-2)14-24-11-12-25-19(22(24)26)13-20(23-25)28-15-17-8-4-3-5-9-17/h3-4,6-8,10,13H,5,9,11-12,14-15H2,1-2H3. The molecule has 1 aromatic heterocycles. The number of amides is 1. The second kappa shape index (κ2) is 7.92. The molecule has 1 aliphatic carbocycles. The zero-order valence-corrected chi connectivity index (χ0v) is 16.4. The number of fused-ring (bicyclic) bond motifs is 1. The van der Waals surface area contributed by atoms with Crippen molar-refractivity contribution in [3.05, 3.63) is 64.9 Å². The van der Waals surface area contributed by atoms with Crippen molar-refractivity contribution in [2.45, 2.75) is 32.9 Å². The van der Waals surface area contributed by atoms with Crippen molar-refractivity contribution in [1.29, 1.82) is 0 Å². The van der Waals surface area contributed by atoms with Crippen LogP contribution < -0.4 is 9.47 Å². The highest BCUT2D eigenvalue weighted by Crippen LogP contribution is 2.26.